The molecule has 24 heavy (non-hydrogen) atoms. The average molecular weight is 356 g/mol. The number of benzene rings is 1. The highest BCUT2D eigenvalue weighted by atomic mass is 35.5. The van der Waals surface area contributed by atoms with Gasteiger partial charge in [0.2, 0.25) is 11.2 Å². The minimum Gasteiger partial charge on any atom is -0.471 e. The van der Waals surface area contributed by atoms with Crippen LogP contribution in [0.25, 0.3) is 0 Å². The van der Waals surface area contributed by atoms with Crippen molar-refractivity contribution in [3.63, 3.8) is 0 Å². The highest BCUT2D eigenvalue weighted by Gasteiger charge is 2.09. The van der Waals surface area contributed by atoms with Crippen LogP contribution in [-0.2, 0) is 0 Å². The standard InChI is InChI=1S/C15H16ClF2N5O/c1-9-6-21-15(16)22-14(9)24-8-11(19)7-23(20)12-4-2-3-10(5-12)13(17)18/h2-7,13H,8,19-20H2,1H3/b11-7-. The molecule has 128 valence electrons. The van der Waals surface area contributed by atoms with Gasteiger partial charge in [-0.2, -0.15) is 4.98 Å². The van der Waals surface area contributed by atoms with Crippen molar-refractivity contribution in [1.82, 2.24) is 9.97 Å². The van der Waals surface area contributed by atoms with E-state index < -0.39 is 6.43 Å². The summed E-state index contributed by atoms with van der Waals surface area (Å²) in [4.78, 5) is 7.75. The Morgan fingerprint density at radius 1 is 1.46 bits per heavy atom. The molecule has 0 aliphatic carbocycles. The Kier molecular flexibility index (Phi) is 5.88. The number of nitrogens with zero attached hydrogens (tertiary/aromatic N) is 3. The third kappa shape index (κ3) is 4.77. The van der Waals surface area contributed by atoms with Crippen LogP contribution in [0.4, 0.5) is 14.5 Å². The van der Waals surface area contributed by atoms with Crippen LogP contribution in [0.2, 0.25) is 5.28 Å². The lowest BCUT2D eigenvalue weighted by molar-refractivity contribution is 0.151. The second-order valence-electron chi connectivity index (χ2n) is 4.92. The largest absolute Gasteiger partial charge is 0.471 e. The molecule has 1 heterocycles. The van der Waals surface area contributed by atoms with Gasteiger partial charge in [-0.1, -0.05) is 12.1 Å². The fourth-order valence-electron chi connectivity index (χ4n) is 1.82. The summed E-state index contributed by atoms with van der Waals surface area (Å²) in [5.74, 6) is 6.12. The van der Waals surface area contributed by atoms with Crippen LogP contribution in [0, 0.1) is 6.92 Å². The second kappa shape index (κ2) is 7.89. The van der Waals surface area contributed by atoms with Crippen molar-refractivity contribution in [2.24, 2.45) is 11.6 Å². The Labute approximate surface area is 142 Å². The topological polar surface area (TPSA) is 90.3 Å². The second-order valence-corrected chi connectivity index (χ2v) is 5.26. The summed E-state index contributed by atoms with van der Waals surface area (Å²) in [5, 5.41) is 1.20. The van der Waals surface area contributed by atoms with Gasteiger partial charge in [0.15, 0.2) is 0 Å². The molecular formula is C15H16ClF2N5O. The lowest BCUT2D eigenvalue weighted by Gasteiger charge is -2.16. The Bertz CT molecular complexity index is 742. The van der Waals surface area contributed by atoms with Crippen LogP contribution in [0.15, 0.2) is 42.4 Å². The molecule has 0 unspecified atom stereocenters. The number of ether oxygens (including phenoxy) is 1. The molecule has 2 rings (SSSR count). The van der Waals surface area contributed by atoms with Crippen LogP contribution in [0.1, 0.15) is 17.6 Å². The Morgan fingerprint density at radius 2 is 2.21 bits per heavy atom. The van der Waals surface area contributed by atoms with Crippen molar-refractivity contribution in [3.05, 3.63) is 58.8 Å². The minimum atomic E-state index is -2.58. The first kappa shape index (κ1) is 17.9. The van der Waals surface area contributed by atoms with Gasteiger partial charge >= 0.3 is 0 Å². The normalized spacial score (nSPS) is 11.7. The van der Waals surface area contributed by atoms with Crippen molar-refractivity contribution in [3.8, 4) is 5.88 Å². The maximum atomic E-state index is 12.7. The third-order valence-electron chi connectivity index (χ3n) is 3.00. The van der Waals surface area contributed by atoms with E-state index in [1.54, 1.807) is 13.0 Å². The lowest BCUT2D eigenvalue weighted by Crippen LogP contribution is -2.27. The molecule has 1 aromatic heterocycles. The number of aryl methyl sites for hydroxylation is 1. The fraction of sp³-hybridized carbons (Fsp3) is 0.200. The molecule has 1 aromatic carbocycles. The summed E-state index contributed by atoms with van der Waals surface area (Å²) in [6.45, 7) is 1.76. The first-order chi connectivity index (χ1) is 11.4. The van der Waals surface area contributed by atoms with Crippen molar-refractivity contribution >= 4 is 17.3 Å². The number of nitrogens with two attached hydrogens (primary N) is 2. The molecule has 6 nitrogen and oxygen atoms in total. The summed E-state index contributed by atoms with van der Waals surface area (Å²) in [5.41, 5.74) is 7.05. The van der Waals surface area contributed by atoms with E-state index in [4.69, 9.17) is 27.9 Å². The van der Waals surface area contributed by atoms with E-state index in [0.29, 0.717) is 17.1 Å². The molecule has 0 saturated carbocycles. The van der Waals surface area contributed by atoms with Gasteiger partial charge in [-0.15, -0.1) is 0 Å². The predicted molar refractivity (Wildman–Crippen MR) is 87.6 cm³/mol. The number of hydrogen-bond donors (Lipinski definition) is 2. The number of aromatic nitrogens is 2. The number of hydrazine groups is 1. The van der Waals surface area contributed by atoms with E-state index in [2.05, 4.69) is 9.97 Å². The third-order valence-corrected chi connectivity index (χ3v) is 3.18. The zero-order chi connectivity index (χ0) is 17.7. The molecular weight excluding hydrogens is 340 g/mol. The molecule has 0 spiro atoms. The van der Waals surface area contributed by atoms with E-state index in [-0.39, 0.29) is 23.2 Å². The van der Waals surface area contributed by atoms with Crippen molar-refractivity contribution in [1.29, 1.82) is 0 Å². The van der Waals surface area contributed by atoms with Gasteiger partial charge in [0.05, 0.1) is 11.4 Å². The van der Waals surface area contributed by atoms with Crippen molar-refractivity contribution in [2.75, 3.05) is 11.6 Å². The van der Waals surface area contributed by atoms with E-state index in [1.807, 2.05) is 0 Å². The van der Waals surface area contributed by atoms with Crippen LogP contribution in [-0.4, -0.2) is 16.6 Å². The Hall–Kier alpha value is -2.45. The molecule has 0 bridgehead atoms. The molecule has 0 saturated heterocycles. The number of hydrogen-bond acceptors (Lipinski definition) is 6. The van der Waals surface area contributed by atoms with Crippen molar-refractivity contribution in [2.45, 2.75) is 13.3 Å². The van der Waals surface area contributed by atoms with Crippen LogP contribution >= 0.6 is 11.6 Å². The highest BCUT2D eigenvalue weighted by Crippen LogP contribution is 2.23. The molecule has 0 atom stereocenters. The van der Waals surface area contributed by atoms with Crippen LogP contribution < -0.4 is 21.3 Å². The highest BCUT2D eigenvalue weighted by molar-refractivity contribution is 6.28. The monoisotopic (exact) mass is 355 g/mol. The summed E-state index contributed by atoms with van der Waals surface area (Å²) in [7, 11) is 0. The van der Waals surface area contributed by atoms with Gasteiger partial charge < -0.3 is 10.5 Å². The number of halogens is 3. The Balaban J connectivity index is 2.04. The molecule has 0 fully saturated rings. The van der Waals surface area contributed by atoms with Gasteiger partial charge in [-0.3, -0.25) is 5.01 Å². The van der Waals surface area contributed by atoms with Crippen molar-refractivity contribution < 1.29 is 13.5 Å². The lowest BCUT2D eigenvalue weighted by atomic mass is 10.2. The zero-order valence-corrected chi connectivity index (χ0v) is 13.5. The maximum absolute atomic E-state index is 12.7. The van der Waals surface area contributed by atoms with E-state index in [9.17, 15) is 8.78 Å². The van der Waals surface area contributed by atoms with Gasteiger partial charge in [0, 0.05) is 23.5 Å². The molecule has 2 aromatic rings. The van der Waals surface area contributed by atoms with Crippen LogP contribution in [0.5, 0.6) is 5.88 Å². The molecule has 0 aliphatic heterocycles. The molecule has 0 amide bonds. The van der Waals surface area contributed by atoms with Crippen LogP contribution in [0.3, 0.4) is 0 Å². The van der Waals surface area contributed by atoms with Gasteiger partial charge in [-0.25, -0.2) is 19.6 Å². The SMILES string of the molecule is Cc1cnc(Cl)nc1OC/C(N)=C/N(N)c1cccc(C(F)F)c1. The van der Waals surface area contributed by atoms with Gasteiger partial charge in [-0.05, 0) is 30.7 Å². The first-order valence-electron chi connectivity index (χ1n) is 6.87. The fourth-order valence-corrected chi connectivity index (χ4v) is 1.94. The molecule has 0 aliphatic rings. The number of anilines is 1. The number of alkyl halides is 2. The van der Waals surface area contributed by atoms with E-state index >= 15 is 0 Å². The summed E-state index contributed by atoms with van der Waals surface area (Å²) in [6.07, 6.45) is 0.326. The zero-order valence-electron chi connectivity index (χ0n) is 12.8. The van der Waals surface area contributed by atoms with E-state index in [0.717, 1.165) is 5.01 Å². The summed E-state index contributed by atoms with van der Waals surface area (Å²) >= 11 is 5.70. The molecule has 4 N–H and O–H groups in total. The smallest absolute Gasteiger partial charge is 0.263 e. The Morgan fingerprint density at radius 3 is 2.92 bits per heavy atom. The minimum absolute atomic E-state index is 0.00355. The van der Waals surface area contributed by atoms with E-state index in [1.165, 1.54) is 30.6 Å². The quantitative estimate of drug-likeness (QED) is 0.470. The number of rotatable bonds is 6. The predicted octanol–water partition coefficient (Wildman–Crippen LogP) is 2.94. The summed E-state index contributed by atoms with van der Waals surface area (Å²) in [6, 6.07) is 5.68. The van der Waals surface area contributed by atoms with Gasteiger partial charge in [0.1, 0.15) is 6.61 Å². The molecule has 0 radical (unpaired) electrons. The summed E-state index contributed by atoms with van der Waals surface area (Å²) < 4.78 is 30.9. The maximum Gasteiger partial charge on any atom is 0.263 e. The van der Waals surface area contributed by atoms with Gasteiger partial charge in [0.25, 0.3) is 6.43 Å². The first-order valence-corrected chi connectivity index (χ1v) is 7.24. The average Bonchev–Trinajstić information content (AvgIpc) is 2.55. The molecule has 9 heteroatoms.